The summed E-state index contributed by atoms with van der Waals surface area (Å²) in [5.74, 6) is -0.319. The molecule has 1 aromatic rings. The Morgan fingerprint density at radius 3 is 2.96 bits per heavy atom. The molecule has 6 atom stereocenters. The number of ketones is 2. The van der Waals surface area contributed by atoms with Crippen LogP contribution < -0.4 is 4.90 Å². The molecule has 2 bridgehead atoms. The summed E-state index contributed by atoms with van der Waals surface area (Å²) in [4.78, 5) is 27.4. The average molecular weight is 311 g/mol. The maximum Gasteiger partial charge on any atom is 0.218 e. The van der Waals surface area contributed by atoms with Crippen molar-refractivity contribution < 1.29 is 19.1 Å². The monoisotopic (exact) mass is 311 g/mol. The Labute approximate surface area is 133 Å². The van der Waals surface area contributed by atoms with Crippen molar-refractivity contribution in [1.29, 1.82) is 0 Å². The van der Waals surface area contributed by atoms with Crippen molar-refractivity contribution in [3.63, 3.8) is 0 Å². The minimum atomic E-state index is -0.751. The summed E-state index contributed by atoms with van der Waals surface area (Å²) in [5, 5.41) is 0. The number of ether oxygens (including phenoxy) is 2. The molecule has 0 saturated carbocycles. The van der Waals surface area contributed by atoms with Crippen LogP contribution in [0, 0.1) is 11.8 Å². The molecule has 3 saturated heterocycles. The van der Waals surface area contributed by atoms with Gasteiger partial charge in [-0.05, 0) is 18.6 Å². The molecule has 0 unspecified atom stereocenters. The zero-order valence-corrected chi connectivity index (χ0v) is 12.7. The number of hydrogen-bond donors (Lipinski definition) is 0. The molecule has 4 aliphatic heterocycles. The first-order valence-corrected chi connectivity index (χ1v) is 8.03. The summed E-state index contributed by atoms with van der Waals surface area (Å²) in [6.07, 6.45) is 3.19. The van der Waals surface area contributed by atoms with E-state index in [2.05, 4.69) is 17.1 Å². The summed E-state index contributed by atoms with van der Waals surface area (Å²) in [5.41, 5.74) is 2.11. The lowest BCUT2D eigenvalue weighted by Gasteiger charge is -2.35. The molecule has 3 fully saturated rings. The van der Waals surface area contributed by atoms with E-state index in [1.165, 1.54) is 0 Å². The third kappa shape index (κ3) is 1.64. The second-order valence-electron chi connectivity index (χ2n) is 6.72. The summed E-state index contributed by atoms with van der Waals surface area (Å²) >= 11 is 0. The van der Waals surface area contributed by atoms with Crippen molar-refractivity contribution in [3.05, 3.63) is 35.9 Å². The molecule has 0 aliphatic carbocycles. The maximum absolute atomic E-state index is 12.8. The third-order valence-corrected chi connectivity index (χ3v) is 5.57. The summed E-state index contributed by atoms with van der Waals surface area (Å²) in [6, 6.07) is 7.59. The van der Waals surface area contributed by atoms with Gasteiger partial charge in [-0.1, -0.05) is 30.4 Å². The Kier molecular flexibility index (Phi) is 2.65. The zero-order valence-electron chi connectivity index (χ0n) is 12.7. The van der Waals surface area contributed by atoms with Gasteiger partial charge < -0.3 is 14.4 Å². The van der Waals surface area contributed by atoms with Crippen LogP contribution >= 0.6 is 0 Å². The maximum atomic E-state index is 12.8. The summed E-state index contributed by atoms with van der Waals surface area (Å²) in [7, 11) is 0. The molecule has 0 amide bonds. The fourth-order valence-electron chi connectivity index (χ4n) is 4.74. The van der Waals surface area contributed by atoms with Gasteiger partial charge in [0.1, 0.15) is 0 Å². The summed E-state index contributed by atoms with van der Waals surface area (Å²) < 4.78 is 11.2. The van der Waals surface area contributed by atoms with Gasteiger partial charge in [-0.15, -0.1) is 0 Å². The van der Waals surface area contributed by atoms with Crippen LogP contribution in [0.25, 0.3) is 6.08 Å². The molecular formula is C18H17NO4. The van der Waals surface area contributed by atoms with Crippen LogP contribution in [-0.4, -0.2) is 42.7 Å². The van der Waals surface area contributed by atoms with Gasteiger partial charge in [0.15, 0.2) is 11.6 Å². The Bertz CT molecular complexity index is 742. The van der Waals surface area contributed by atoms with Crippen LogP contribution in [0.15, 0.2) is 30.3 Å². The van der Waals surface area contributed by atoms with Crippen molar-refractivity contribution in [2.45, 2.75) is 31.4 Å². The van der Waals surface area contributed by atoms with E-state index in [0.29, 0.717) is 6.61 Å². The van der Waals surface area contributed by atoms with E-state index in [1.807, 2.05) is 24.3 Å². The van der Waals surface area contributed by atoms with E-state index >= 15 is 0 Å². The number of hydrogen-bond acceptors (Lipinski definition) is 5. The number of fused-ring (bicyclic) bond motifs is 8. The minimum absolute atomic E-state index is 0.0217. The third-order valence-electron chi connectivity index (χ3n) is 5.57. The van der Waals surface area contributed by atoms with Crippen molar-refractivity contribution >= 4 is 23.3 Å². The van der Waals surface area contributed by atoms with E-state index in [9.17, 15) is 9.59 Å². The van der Waals surface area contributed by atoms with Crippen LogP contribution in [0.1, 0.15) is 12.5 Å². The van der Waals surface area contributed by atoms with Gasteiger partial charge in [-0.2, -0.15) is 0 Å². The first kappa shape index (κ1) is 13.5. The van der Waals surface area contributed by atoms with Crippen LogP contribution in [0.5, 0.6) is 0 Å². The lowest BCUT2D eigenvalue weighted by molar-refractivity contribution is -0.164. The fraction of sp³-hybridized carbons (Fsp3) is 0.444. The molecule has 0 spiro atoms. The van der Waals surface area contributed by atoms with Gasteiger partial charge >= 0.3 is 0 Å². The highest BCUT2D eigenvalue weighted by molar-refractivity contribution is 5.95. The molecule has 5 heteroatoms. The predicted octanol–water partition coefficient (Wildman–Crippen LogP) is 1.42. The minimum Gasteiger partial charge on any atom is -0.353 e. The molecule has 0 N–H and O–H groups in total. The van der Waals surface area contributed by atoms with E-state index in [0.717, 1.165) is 11.3 Å². The lowest BCUT2D eigenvalue weighted by atomic mass is 9.78. The number of Topliss-reactive ketones (excluding diaryl/α,β-unsaturated/α-hetero) is 2. The number of nitrogens with zero attached hydrogens (tertiary/aromatic N) is 1. The highest BCUT2D eigenvalue weighted by Gasteiger charge is 2.62. The van der Waals surface area contributed by atoms with E-state index in [-0.39, 0.29) is 41.6 Å². The van der Waals surface area contributed by atoms with Crippen LogP contribution in [0.4, 0.5) is 5.69 Å². The molecule has 5 nitrogen and oxygen atoms in total. The van der Waals surface area contributed by atoms with Gasteiger partial charge in [0.25, 0.3) is 0 Å². The van der Waals surface area contributed by atoms with Crippen LogP contribution in [0.2, 0.25) is 0 Å². The number of anilines is 1. The van der Waals surface area contributed by atoms with Gasteiger partial charge in [0, 0.05) is 11.6 Å². The van der Waals surface area contributed by atoms with Crippen LogP contribution in [0.3, 0.4) is 0 Å². The van der Waals surface area contributed by atoms with E-state index in [4.69, 9.17) is 9.47 Å². The molecule has 5 rings (SSSR count). The Hall–Kier alpha value is -1.98. The van der Waals surface area contributed by atoms with Crippen molar-refractivity contribution in [3.8, 4) is 0 Å². The van der Waals surface area contributed by atoms with Gasteiger partial charge in [-0.25, -0.2) is 0 Å². The molecule has 118 valence electrons. The summed E-state index contributed by atoms with van der Waals surface area (Å²) in [6.45, 7) is 2.00. The second kappa shape index (κ2) is 4.52. The fourth-order valence-corrected chi connectivity index (χ4v) is 4.74. The normalized spacial score (nSPS) is 39.9. The number of carbonyl (C=O) groups excluding carboxylic acids is 2. The molecule has 1 aromatic carbocycles. The average Bonchev–Trinajstić information content (AvgIpc) is 3.13. The smallest absolute Gasteiger partial charge is 0.218 e. The molecule has 0 aromatic heterocycles. The Morgan fingerprint density at radius 1 is 1.30 bits per heavy atom. The highest BCUT2D eigenvalue weighted by Crippen LogP contribution is 2.50. The van der Waals surface area contributed by atoms with E-state index < -0.39 is 6.29 Å². The largest absolute Gasteiger partial charge is 0.353 e. The number of rotatable bonds is 1. The first-order chi connectivity index (χ1) is 11.2. The van der Waals surface area contributed by atoms with Gasteiger partial charge in [0.05, 0.1) is 30.7 Å². The van der Waals surface area contributed by atoms with E-state index in [1.54, 1.807) is 6.92 Å². The predicted molar refractivity (Wildman–Crippen MR) is 82.8 cm³/mol. The number of carbonyl (C=O) groups is 2. The quantitative estimate of drug-likeness (QED) is 0.785. The number of para-hydroxylation sites is 1. The molecule has 4 heterocycles. The van der Waals surface area contributed by atoms with Gasteiger partial charge in [0.2, 0.25) is 6.29 Å². The molecular weight excluding hydrogens is 294 g/mol. The topological polar surface area (TPSA) is 55.8 Å². The number of benzene rings is 1. The van der Waals surface area contributed by atoms with Crippen molar-refractivity contribution in [2.75, 3.05) is 11.5 Å². The van der Waals surface area contributed by atoms with Crippen molar-refractivity contribution in [1.82, 2.24) is 0 Å². The first-order valence-electron chi connectivity index (χ1n) is 8.03. The Morgan fingerprint density at radius 2 is 2.13 bits per heavy atom. The van der Waals surface area contributed by atoms with Gasteiger partial charge in [-0.3, -0.25) is 9.59 Å². The highest BCUT2D eigenvalue weighted by atomic mass is 16.7. The zero-order chi connectivity index (χ0) is 15.7. The second-order valence-corrected chi connectivity index (χ2v) is 6.72. The SMILES string of the molecule is CC(=O)[C@@H]1[C@@H]2[C@@H](C(=O)[C@H]3OC[C@@H]2O3)[C@H]2C=Cc3ccccc3N21. The molecule has 0 radical (unpaired) electrons. The Balaban J connectivity index is 1.69. The molecule has 23 heavy (non-hydrogen) atoms. The standard InChI is InChI=1S/C18H17NO4/c1-9(20)16-15-13-8-22-18(23-13)17(21)14(15)12-7-6-10-4-2-3-5-11(10)19(12)16/h2-7,12-16,18H,8H2,1H3/t12-,13+,14+,15+,16-,18+/m1/s1. The van der Waals surface area contributed by atoms with Crippen molar-refractivity contribution in [2.24, 2.45) is 11.8 Å². The lowest BCUT2D eigenvalue weighted by Crippen LogP contribution is -2.48. The van der Waals surface area contributed by atoms with Crippen LogP contribution in [-0.2, 0) is 19.1 Å². The molecule has 4 aliphatic rings.